The fourth-order valence-electron chi connectivity index (χ4n) is 2.63. The Hall–Kier alpha value is -1.92. The number of nitrogens with zero attached hydrogens (tertiary/aromatic N) is 3. The van der Waals surface area contributed by atoms with Gasteiger partial charge in [0.2, 0.25) is 5.82 Å². The van der Waals surface area contributed by atoms with Gasteiger partial charge in [0.25, 0.3) is 0 Å². The van der Waals surface area contributed by atoms with Crippen LogP contribution in [0, 0.1) is 0 Å². The minimum Gasteiger partial charge on any atom is -0.399 e. The minimum atomic E-state index is -4.48. The summed E-state index contributed by atoms with van der Waals surface area (Å²) in [5.41, 5.74) is 6.77. The molecular formula is C13H15F3N4. The summed E-state index contributed by atoms with van der Waals surface area (Å²) in [4.78, 5) is 3.74. The molecule has 2 heterocycles. The van der Waals surface area contributed by atoms with Crippen molar-refractivity contribution in [1.82, 2.24) is 9.66 Å². The van der Waals surface area contributed by atoms with E-state index in [2.05, 4.69) is 4.98 Å². The first-order valence-electron chi connectivity index (χ1n) is 6.57. The summed E-state index contributed by atoms with van der Waals surface area (Å²) in [6.07, 6.45) is -1.64. The van der Waals surface area contributed by atoms with Gasteiger partial charge in [0, 0.05) is 18.8 Å². The van der Waals surface area contributed by atoms with Crippen LogP contribution in [0.25, 0.3) is 11.0 Å². The summed E-state index contributed by atoms with van der Waals surface area (Å²) in [5.74, 6) is -0.875. The van der Waals surface area contributed by atoms with Gasteiger partial charge in [-0.15, -0.1) is 0 Å². The Balaban J connectivity index is 2.20. The lowest BCUT2D eigenvalue weighted by Crippen LogP contribution is -2.41. The third-order valence-corrected chi connectivity index (χ3v) is 3.52. The fourth-order valence-corrected chi connectivity index (χ4v) is 2.63. The molecule has 0 atom stereocenters. The Kier molecular flexibility index (Phi) is 2.99. The van der Waals surface area contributed by atoms with Crippen molar-refractivity contribution < 1.29 is 13.2 Å². The van der Waals surface area contributed by atoms with E-state index in [1.54, 1.807) is 17.1 Å². The number of nitrogens with two attached hydrogens (primary N) is 1. The van der Waals surface area contributed by atoms with Gasteiger partial charge in [0.15, 0.2) is 0 Å². The highest BCUT2D eigenvalue weighted by Gasteiger charge is 2.39. The Morgan fingerprint density at radius 1 is 1.10 bits per heavy atom. The van der Waals surface area contributed by atoms with Crippen LogP contribution in [0.2, 0.25) is 0 Å². The zero-order valence-electron chi connectivity index (χ0n) is 10.8. The highest BCUT2D eigenvalue weighted by atomic mass is 19.4. The van der Waals surface area contributed by atoms with Crippen molar-refractivity contribution in [2.75, 3.05) is 23.8 Å². The molecule has 2 N–H and O–H groups in total. The zero-order chi connectivity index (χ0) is 14.3. The van der Waals surface area contributed by atoms with Gasteiger partial charge < -0.3 is 10.7 Å². The van der Waals surface area contributed by atoms with E-state index in [-0.39, 0.29) is 5.52 Å². The van der Waals surface area contributed by atoms with Crippen molar-refractivity contribution in [3.8, 4) is 0 Å². The lowest BCUT2D eigenvalue weighted by molar-refractivity contribution is -0.147. The summed E-state index contributed by atoms with van der Waals surface area (Å²) in [6, 6.07) is 4.68. The predicted molar refractivity (Wildman–Crippen MR) is 70.9 cm³/mol. The molecule has 0 amide bonds. The van der Waals surface area contributed by atoms with Crippen LogP contribution in [0.15, 0.2) is 18.2 Å². The van der Waals surface area contributed by atoms with Crippen LogP contribution in [0.4, 0.5) is 18.9 Å². The second kappa shape index (κ2) is 4.57. The second-order valence-electron chi connectivity index (χ2n) is 5.01. The molecule has 1 saturated heterocycles. The average Bonchev–Trinajstić information content (AvgIpc) is 2.78. The van der Waals surface area contributed by atoms with Gasteiger partial charge in [0.1, 0.15) is 0 Å². The minimum absolute atomic E-state index is 0.280. The van der Waals surface area contributed by atoms with Crippen LogP contribution >= 0.6 is 0 Å². The van der Waals surface area contributed by atoms with Crippen LogP contribution in [-0.4, -0.2) is 22.7 Å². The number of hydrogen-bond acceptors (Lipinski definition) is 3. The lowest BCUT2D eigenvalue weighted by atomic mass is 10.2. The van der Waals surface area contributed by atoms with Crippen LogP contribution in [0.1, 0.15) is 25.1 Å². The number of benzene rings is 1. The molecule has 4 nitrogen and oxygen atoms in total. The van der Waals surface area contributed by atoms with Crippen LogP contribution in [0.5, 0.6) is 0 Å². The second-order valence-corrected chi connectivity index (χ2v) is 5.01. The molecule has 0 unspecified atom stereocenters. The van der Waals surface area contributed by atoms with Crippen LogP contribution in [0.3, 0.4) is 0 Å². The molecule has 1 fully saturated rings. The van der Waals surface area contributed by atoms with E-state index in [4.69, 9.17) is 5.73 Å². The first kappa shape index (κ1) is 13.1. The topological polar surface area (TPSA) is 47.1 Å². The van der Waals surface area contributed by atoms with Gasteiger partial charge in [-0.1, -0.05) is 0 Å². The number of piperidine rings is 1. The molecule has 1 aliphatic heterocycles. The summed E-state index contributed by atoms with van der Waals surface area (Å²) in [5, 5.41) is 1.72. The summed E-state index contributed by atoms with van der Waals surface area (Å²) in [6.45, 7) is 1.22. The molecule has 108 valence electrons. The monoisotopic (exact) mass is 284 g/mol. The number of hydrogen-bond donors (Lipinski definition) is 1. The molecule has 3 rings (SSSR count). The number of nitrogen functional groups attached to an aromatic ring is 1. The molecule has 1 aromatic carbocycles. The number of aromatic nitrogens is 2. The quantitative estimate of drug-likeness (QED) is 0.819. The summed E-state index contributed by atoms with van der Waals surface area (Å²) in [7, 11) is 0. The normalized spacial score (nSPS) is 16.9. The third-order valence-electron chi connectivity index (χ3n) is 3.52. The summed E-state index contributed by atoms with van der Waals surface area (Å²) >= 11 is 0. The largest absolute Gasteiger partial charge is 0.451 e. The van der Waals surface area contributed by atoms with Crippen molar-refractivity contribution in [2.24, 2.45) is 0 Å². The Morgan fingerprint density at radius 3 is 2.45 bits per heavy atom. The molecule has 1 aliphatic rings. The molecule has 0 spiro atoms. The van der Waals surface area contributed by atoms with Crippen molar-refractivity contribution in [3.05, 3.63) is 24.0 Å². The smallest absolute Gasteiger partial charge is 0.399 e. The number of fused-ring (bicyclic) bond motifs is 1. The molecule has 0 radical (unpaired) electrons. The van der Waals surface area contributed by atoms with Crippen molar-refractivity contribution in [2.45, 2.75) is 25.4 Å². The van der Waals surface area contributed by atoms with Gasteiger partial charge in [0.05, 0.1) is 11.0 Å². The van der Waals surface area contributed by atoms with Gasteiger partial charge in [-0.25, -0.2) is 9.66 Å². The molecule has 1 aromatic heterocycles. The Bertz CT molecular complexity index is 626. The molecular weight excluding hydrogens is 269 g/mol. The van der Waals surface area contributed by atoms with E-state index >= 15 is 0 Å². The van der Waals surface area contributed by atoms with E-state index in [0.29, 0.717) is 24.3 Å². The molecule has 0 bridgehead atoms. The maximum atomic E-state index is 13.2. The first-order chi connectivity index (χ1) is 9.47. The van der Waals surface area contributed by atoms with Crippen LogP contribution in [-0.2, 0) is 6.18 Å². The van der Waals surface area contributed by atoms with E-state index in [1.165, 1.54) is 10.7 Å². The maximum Gasteiger partial charge on any atom is 0.451 e. The number of imidazole rings is 1. The molecule has 0 saturated carbocycles. The van der Waals surface area contributed by atoms with Crippen molar-refractivity contribution in [3.63, 3.8) is 0 Å². The Morgan fingerprint density at radius 2 is 1.80 bits per heavy atom. The third kappa shape index (κ3) is 2.17. The molecule has 2 aromatic rings. The highest BCUT2D eigenvalue weighted by Crippen LogP contribution is 2.32. The van der Waals surface area contributed by atoms with Crippen molar-refractivity contribution >= 4 is 16.7 Å². The van der Waals surface area contributed by atoms with E-state index in [0.717, 1.165) is 19.3 Å². The number of rotatable bonds is 1. The highest BCUT2D eigenvalue weighted by molar-refractivity contribution is 5.80. The predicted octanol–water partition coefficient (Wildman–Crippen LogP) is 2.76. The van der Waals surface area contributed by atoms with Gasteiger partial charge in [-0.2, -0.15) is 13.2 Å². The van der Waals surface area contributed by atoms with E-state index < -0.39 is 12.0 Å². The van der Waals surface area contributed by atoms with Gasteiger partial charge in [-0.05, 0) is 37.5 Å². The Labute approximate surface area is 114 Å². The number of halogens is 3. The number of alkyl halides is 3. The first-order valence-corrected chi connectivity index (χ1v) is 6.57. The zero-order valence-corrected chi connectivity index (χ0v) is 10.8. The van der Waals surface area contributed by atoms with E-state index in [9.17, 15) is 13.2 Å². The molecule has 0 aliphatic carbocycles. The van der Waals surface area contributed by atoms with Gasteiger partial charge >= 0.3 is 6.18 Å². The molecule has 20 heavy (non-hydrogen) atoms. The SMILES string of the molecule is Nc1ccc2c(c1)nc(C(F)(F)F)n2N1CCCCC1. The molecule has 7 heteroatoms. The maximum absolute atomic E-state index is 13.2. The number of anilines is 1. The standard InChI is InChI=1S/C13H15F3N4/c14-13(15,16)12-18-10-8-9(17)4-5-11(10)20(12)19-6-2-1-3-7-19/h4-5,8H,1-3,6-7,17H2. The van der Waals surface area contributed by atoms with Gasteiger partial charge in [-0.3, -0.25) is 0 Å². The van der Waals surface area contributed by atoms with Crippen molar-refractivity contribution in [1.29, 1.82) is 0 Å². The van der Waals surface area contributed by atoms with Crippen LogP contribution < -0.4 is 10.7 Å². The van der Waals surface area contributed by atoms with E-state index in [1.807, 2.05) is 0 Å². The fraction of sp³-hybridized carbons (Fsp3) is 0.462. The average molecular weight is 284 g/mol. The lowest BCUT2D eigenvalue weighted by Gasteiger charge is -2.31. The summed E-state index contributed by atoms with van der Waals surface area (Å²) < 4.78 is 40.8.